The molecule has 0 saturated carbocycles. The highest BCUT2D eigenvalue weighted by molar-refractivity contribution is 6.14. The molecule has 2 heterocycles. The topological polar surface area (TPSA) is 32.8 Å². The molecule has 0 radical (unpaired) electrons. The maximum atomic E-state index is 6.37. The Balaban J connectivity index is 0.000000138. The Hall–Kier alpha value is -18.0. The molecular formula is C142H98N2O2. The summed E-state index contributed by atoms with van der Waals surface area (Å²) in [5.41, 5.74) is 48.4. The third kappa shape index (κ3) is 11.8. The van der Waals surface area contributed by atoms with Gasteiger partial charge >= 0.3 is 0 Å². The van der Waals surface area contributed by atoms with Crippen LogP contribution in [0.15, 0.2) is 531 Å². The maximum absolute atomic E-state index is 6.37. The van der Waals surface area contributed by atoms with Gasteiger partial charge in [-0.1, -0.05) is 452 Å². The van der Waals surface area contributed by atoms with Gasteiger partial charge in [-0.3, -0.25) is 0 Å². The van der Waals surface area contributed by atoms with Crippen LogP contribution in [0.2, 0.25) is 0 Å². The fraction of sp³-hybridized carbons (Fsp3) is 0.0704. The lowest BCUT2D eigenvalue weighted by Gasteiger charge is -2.50. The third-order valence-corrected chi connectivity index (χ3v) is 33.7. The van der Waals surface area contributed by atoms with Gasteiger partial charge in [0.15, 0.2) is 0 Å². The lowest BCUT2D eigenvalue weighted by Crippen LogP contribution is -2.44. The van der Waals surface area contributed by atoms with Crippen LogP contribution in [0.3, 0.4) is 0 Å². The second-order valence-corrected chi connectivity index (χ2v) is 41.3. The largest absolute Gasteiger partial charge is 0.456 e. The molecular weight excluding hydrogens is 1770 g/mol. The molecule has 30 rings (SSSR count). The average molecular weight is 1860 g/mol. The zero-order chi connectivity index (χ0) is 96.9. The van der Waals surface area contributed by atoms with Crippen LogP contribution in [0, 0.1) is 0 Å². The van der Waals surface area contributed by atoms with Gasteiger partial charge in [0.05, 0.1) is 21.7 Å². The molecule has 0 unspecified atom stereocenters. The summed E-state index contributed by atoms with van der Waals surface area (Å²) in [4.78, 5) is 4.99. The molecule has 146 heavy (non-hydrogen) atoms. The van der Waals surface area contributed by atoms with Gasteiger partial charge in [-0.15, -0.1) is 0 Å². The van der Waals surface area contributed by atoms with E-state index in [9.17, 15) is 0 Å². The molecule has 6 aliphatic carbocycles. The van der Waals surface area contributed by atoms with Crippen LogP contribution in [0.4, 0.5) is 34.1 Å². The first-order valence-electron chi connectivity index (χ1n) is 51.2. The molecule has 6 aliphatic rings. The zero-order valence-electron chi connectivity index (χ0n) is 81.4. The maximum Gasteiger partial charge on any atom is 0.136 e. The standard InChI is InChI=1S/2C71H49NO/c2*1-69(2)58-28-12-9-24-53(58)55-42-40-50(44-64(55)69)72(49-38-36-46(37-39-49)52-27-19-35-67-68(52)57-26-11-18-34-66(57)73-67)51-41-43-56-54-25-10-13-29-59(54)71(65(56)45-51)62-32-16-14-30-60(62)70(47-20-5-3-6-21-47,48-22-7-4-8-23-48)61-31-15-17-33-63(61)71/h2*3-45H,1-2H3. The fourth-order valence-corrected chi connectivity index (χ4v) is 27.6. The molecule has 4 nitrogen and oxygen atoms in total. The van der Waals surface area contributed by atoms with Crippen molar-refractivity contribution < 1.29 is 8.83 Å². The van der Waals surface area contributed by atoms with E-state index in [2.05, 4.69) is 547 Å². The van der Waals surface area contributed by atoms with E-state index in [1.165, 1.54) is 156 Å². The molecule has 4 heteroatoms. The molecule has 0 N–H and O–H groups in total. The summed E-state index contributed by atoms with van der Waals surface area (Å²) in [6.45, 7) is 9.50. The van der Waals surface area contributed by atoms with Crippen molar-refractivity contribution in [2.75, 3.05) is 9.80 Å². The minimum absolute atomic E-state index is 0.174. The highest BCUT2D eigenvalue weighted by atomic mass is 16.3. The Labute approximate surface area is 850 Å². The van der Waals surface area contributed by atoms with Crippen molar-refractivity contribution >= 4 is 78.0 Å². The molecule has 2 spiro atoms. The van der Waals surface area contributed by atoms with Crippen LogP contribution >= 0.6 is 0 Å². The first-order chi connectivity index (χ1) is 71.9. The summed E-state index contributed by atoms with van der Waals surface area (Å²) in [6.07, 6.45) is 0. The van der Waals surface area contributed by atoms with Crippen molar-refractivity contribution in [2.24, 2.45) is 0 Å². The summed E-state index contributed by atoms with van der Waals surface area (Å²) in [5, 5.41) is 4.54. The van der Waals surface area contributed by atoms with E-state index in [4.69, 9.17) is 8.83 Å². The molecule has 0 fully saturated rings. The Bertz CT molecular complexity index is 8720. The van der Waals surface area contributed by atoms with E-state index in [1.807, 2.05) is 12.1 Å². The van der Waals surface area contributed by atoms with E-state index in [-0.39, 0.29) is 10.8 Å². The number of furan rings is 2. The number of para-hydroxylation sites is 2. The minimum Gasteiger partial charge on any atom is -0.456 e. The first kappa shape index (κ1) is 84.9. The highest BCUT2D eigenvalue weighted by Gasteiger charge is 2.60. The van der Waals surface area contributed by atoms with Crippen molar-refractivity contribution in [2.45, 2.75) is 60.2 Å². The summed E-state index contributed by atoms with van der Waals surface area (Å²) < 4.78 is 12.7. The Morgan fingerprint density at radius 1 is 0.151 bits per heavy atom. The van der Waals surface area contributed by atoms with Gasteiger partial charge in [-0.25, -0.2) is 0 Å². The van der Waals surface area contributed by atoms with Crippen molar-refractivity contribution in [3.8, 4) is 66.8 Å². The number of hydrogen-bond acceptors (Lipinski definition) is 4. The van der Waals surface area contributed by atoms with Gasteiger partial charge in [-0.2, -0.15) is 0 Å². The van der Waals surface area contributed by atoms with E-state index in [0.29, 0.717) is 0 Å². The predicted octanol–water partition coefficient (Wildman–Crippen LogP) is 36.2. The smallest absolute Gasteiger partial charge is 0.136 e. The molecule has 0 atom stereocenters. The normalized spacial score (nSPS) is 14.8. The van der Waals surface area contributed by atoms with E-state index in [0.717, 1.165) is 100 Å². The van der Waals surface area contributed by atoms with Crippen molar-refractivity contribution in [1.82, 2.24) is 0 Å². The van der Waals surface area contributed by atoms with Gasteiger partial charge in [0, 0.05) is 66.5 Å². The number of hydrogen-bond donors (Lipinski definition) is 0. The lowest BCUT2D eigenvalue weighted by molar-refractivity contribution is 0.623. The van der Waals surface area contributed by atoms with Gasteiger partial charge < -0.3 is 18.6 Å². The van der Waals surface area contributed by atoms with Crippen molar-refractivity contribution in [3.05, 3.63) is 633 Å². The van der Waals surface area contributed by atoms with Gasteiger partial charge in [0.25, 0.3) is 0 Å². The van der Waals surface area contributed by atoms with Gasteiger partial charge in [-0.05, 0) is 275 Å². The quantitative estimate of drug-likeness (QED) is 0.122. The third-order valence-electron chi connectivity index (χ3n) is 33.7. The SMILES string of the molecule is CC1(C)c2ccccc2-c2ccc(N(c3ccc(-c4cccc5oc6ccccc6c45)cc3)c3ccc4c(c3)C3(c5ccccc5-4)c4ccccc4C(c4ccccc4)(c4ccccc4)c4ccccc43)cc21.CC1(C)c2ccccc2-c2ccc(N(c3ccc(-c4cccc5oc6ccccc6c45)cc3)c3ccc4c(c3)C3(c5ccccc5-4)c4ccccc4C(c4ccccc4)(c4ccccc4)c4ccccc43)cc21. The molecule has 0 aliphatic heterocycles. The van der Waals surface area contributed by atoms with Crippen LogP contribution in [0.25, 0.3) is 111 Å². The number of rotatable bonds is 12. The predicted molar refractivity (Wildman–Crippen MR) is 601 cm³/mol. The Kier molecular flexibility index (Phi) is 18.8. The monoisotopic (exact) mass is 1860 g/mol. The number of anilines is 6. The molecule has 0 saturated heterocycles. The number of benzene rings is 22. The fourth-order valence-electron chi connectivity index (χ4n) is 27.6. The lowest BCUT2D eigenvalue weighted by atomic mass is 9.51. The molecule has 688 valence electrons. The van der Waals surface area contributed by atoms with E-state index < -0.39 is 21.7 Å². The Morgan fingerprint density at radius 2 is 0.370 bits per heavy atom. The van der Waals surface area contributed by atoms with E-state index in [1.54, 1.807) is 0 Å². The van der Waals surface area contributed by atoms with Crippen LogP contribution in [0.5, 0.6) is 0 Å². The van der Waals surface area contributed by atoms with Crippen LogP contribution < -0.4 is 9.80 Å². The highest BCUT2D eigenvalue weighted by Crippen LogP contribution is 2.69. The van der Waals surface area contributed by atoms with Crippen LogP contribution in [0.1, 0.15) is 139 Å². The van der Waals surface area contributed by atoms with Gasteiger partial charge in [0.1, 0.15) is 22.3 Å². The van der Waals surface area contributed by atoms with Crippen molar-refractivity contribution in [1.29, 1.82) is 0 Å². The van der Waals surface area contributed by atoms with Crippen LogP contribution in [-0.4, -0.2) is 0 Å². The first-order valence-corrected chi connectivity index (χ1v) is 51.2. The summed E-state index contributed by atoms with van der Waals surface area (Å²) in [6, 6.07) is 195. The number of nitrogens with zero attached hydrogens (tertiary/aromatic N) is 2. The van der Waals surface area contributed by atoms with Crippen LogP contribution in [-0.2, 0) is 32.5 Å². The molecule has 2 aromatic heterocycles. The number of fused-ring (bicyclic) bond motifs is 30. The average Bonchev–Trinajstić information content (AvgIpc) is 1.42. The second-order valence-electron chi connectivity index (χ2n) is 41.3. The van der Waals surface area contributed by atoms with Crippen molar-refractivity contribution in [3.63, 3.8) is 0 Å². The molecule has 0 amide bonds. The second kappa shape index (κ2) is 32.3. The molecule has 0 bridgehead atoms. The molecule has 22 aromatic carbocycles. The zero-order valence-corrected chi connectivity index (χ0v) is 81.4. The van der Waals surface area contributed by atoms with Gasteiger partial charge in [0.2, 0.25) is 0 Å². The summed E-state index contributed by atoms with van der Waals surface area (Å²) in [7, 11) is 0. The summed E-state index contributed by atoms with van der Waals surface area (Å²) >= 11 is 0. The molecule has 24 aromatic rings. The summed E-state index contributed by atoms with van der Waals surface area (Å²) in [5.74, 6) is 0. The van der Waals surface area contributed by atoms with E-state index >= 15 is 0 Å². The minimum atomic E-state index is -0.634. The Morgan fingerprint density at radius 3 is 0.685 bits per heavy atom.